The van der Waals surface area contributed by atoms with Crippen LogP contribution >= 0.6 is 0 Å². The molecule has 1 aromatic carbocycles. The van der Waals surface area contributed by atoms with Crippen molar-refractivity contribution in [1.29, 1.82) is 0 Å². The molecule has 6 nitrogen and oxygen atoms in total. The van der Waals surface area contributed by atoms with Gasteiger partial charge in [-0.1, -0.05) is 0 Å². The van der Waals surface area contributed by atoms with Crippen LogP contribution in [-0.2, 0) is 21.2 Å². The van der Waals surface area contributed by atoms with Gasteiger partial charge in [0.05, 0.1) is 11.4 Å². The zero-order valence-corrected chi connectivity index (χ0v) is 14.9. The molecular formula is C17H20FN3O3S. The van der Waals surface area contributed by atoms with Crippen molar-refractivity contribution in [2.75, 3.05) is 20.1 Å². The van der Waals surface area contributed by atoms with E-state index in [1.807, 2.05) is 12.1 Å². The van der Waals surface area contributed by atoms with Crippen LogP contribution in [0.15, 0.2) is 47.6 Å². The van der Waals surface area contributed by atoms with Crippen LogP contribution in [0.3, 0.4) is 0 Å². The zero-order chi connectivity index (χ0) is 18.4. The molecule has 1 N–H and O–H groups in total. The molecule has 1 heterocycles. The lowest BCUT2D eigenvalue weighted by Gasteiger charge is -2.17. The van der Waals surface area contributed by atoms with Crippen molar-refractivity contribution in [2.24, 2.45) is 0 Å². The van der Waals surface area contributed by atoms with Crippen molar-refractivity contribution in [3.63, 3.8) is 0 Å². The number of amides is 1. The van der Waals surface area contributed by atoms with Gasteiger partial charge >= 0.3 is 0 Å². The van der Waals surface area contributed by atoms with Crippen molar-refractivity contribution in [1.82, 2.24) is 14.6 Å². The van der Waals surface area contributed by atoms with E-state index in [2.05, 4.69) is 9.71 Å². The first-order chi connectivity index (χ1) is 11.8. The molecule has 134 valence electrons. The molecule has 2 rings (SSSR count). The van der Waals surface area contributed by atoms with Crippen LogP contribution in [0.25, 0.3) is 0 Å². The summed E-state index contributed by atoms with van der Waals surface area (Å²) in [5, 5.41) is 0. The van der Waals surface area contributed by atoms with Gasteiger partial charge in [0, 0.05) is 26.0 Å². The maximum Gasteiger partial charge on any atom is 0.241 e. The normalized spacial score (nSPS) is 11.3. The molecule has 0 fully saturated rings. The summed E-state index contributed by atoms with van der Waals surface area (Å²) in [6, 6.07) is 7.21. The number of nitrogens with one attached hydrogen (secondary N) is 1. The molecule has 0 aliphatic rings. The van der Waals surface area contributed by atoms with E-state index in [9.17, 15) is 17.6 Å². The Balaban J connectivity index is 1.90. The van der Waals surface area contributed by atoms with Gasteiger partial charge in [-0.15, -0.1) is 0 Å². The van der Waals surface area contributed by atoms with Crippen molar-refractivity contribution >= 4 is 15.9 Å². The van der Waals surface area contributed by atoms with Gasteiger partial charge in [0.25, 0.3) is 0 Å². The number of aromatic nitrogens is 1. The van der Waals surface area contributed by atoms with Crippen LogP contribution in [0, 0.1) is 12.7 Å². The average Bonchev–Trinajstić information content (AvgIpc) is 2.60. The third-order valence-corrected chi connectivity index (χ3v) is 5.16. The first kappa shape index (κ1) is 19.0. The fourth-order valence-electron chi connectivity index (χ4n) is 2.13. The second kappa shape index (κ2) is 8.17. The standard InChI is InChI=1S/C17H20FN3O3S/c1-13-11-15(3-4-16(13)18)25(23,24)20-12-17(22)21(2)10-7-14-5-8-19-9-6-14/h3-6,8-9,11,20H,7,10,12H2,1-2H3. The summed E-state index contributed by atoms with van der Waals surface area (Å²) < 4.78 is 39.9. The molecule has 0 aliphatic carbocycles. The van der Waals surface area contributed by atoms with E-state index in [1.54, 1.807) is 19.4 Å². The highest BCUT2D eigenvalue weighted by atomic mass is 32.2. The maximum atomic E-state index is 13.3. The highest BCUT2D eigenvalue weighted by molar-refractivity contribution is 7.89. The molecule has 1 aromatic heterocycles. The molecule has 0 unspecified atom stereocenters. The minimum Gasteiger partial charge on any atom is -0.344 e. The van der Waals surface area contributed by atoms with Crippen LogP contribution < -0.4 is 4.72 Å². The van der Waals surface area contributed by atoms with E-state index in [4.69, 9.17) is 0 Å². The van der Waals surface area contributed by atoms with Gasteiger partial charge in [-0.05, 0) is 54.8 Å². The van der Waals surface area contributed by atoms with Gasteiger partial charge in [-0.25, -0.2) is 17.5 Å². The SMILES string of the molecule is Cc1cc(S(=O)(=O)NCC(=O)N(C)CCc2ccncc2)ccc1F. The maximum absolute atomic E-state index is 13.3. The molecule has 0 bridgehead atoms. The van der Waals surface area contributed by atoms with Crippen LogP contribution in [0.4, 0.5) is 4.39 Å². The summed E-state index contributed by atoms with van der Waals surface area (Å²) >= 11 is 0. The third-order valence-electron chi connectivity index (χ3n) is 3.76. The van der Waals surface area contributed by atoms with E-state index >= 15 is 0 Å². The number of likely N-dealkylation sites (N-methyl/N-ethyl adjacent to an activating group) is 1. The second-order valence-electron chi connectivity index (χ2n) is 5.66. The molecule has 25 heavy (non-hydrogen) atoms. The number of aryl methyl sites for hydroxylation is 1. The van der Waals surface area contributed by atoms with Crippen molar-refractivity contribution in [3.8, 4) is 0 Å². The number of hydrogen-bond donors (Lipinski definition) is 1. The Morgan fingerprint density at radius 3 is 2.56 bits per heavy atom. The lowest BCUT2D eigenvalue weighted by Crippen LogP contribution is -2.39. The molecule has 0 saturated heterocycles. The third kappa shape index (κ3) is 5.33. The summed E-state index contributed by atoms with van der Waals surface area (Å²) in [5.74, 6) is -0.831. The predicted molar refractivity (Wildman–Crippen MR) is 91.9 cm³/mol. The average molecular weight is 365 g/mol. The van der Waals surface area contributed by atoms with E-state index in [-0.39, 0.29) is 22.9 Å². The summed E-state index contributed by atoms with van der Waals surface area (Å²) in [6.07, 6.45) is 4.00. The van der Waals surface area contributed by atoms with E-state index in [1.165, 1.54) is 24.0 Å². The highest BCUT2D eigenvalue weighted by Gasteiger charge is 2.18. The van der Waals surface area contributed by atoms with E-state index < -0.39 is 15.8 Å². The molecule has 0 spiro atoms. The lowest BCUT2D eigenvalue weighted by molar-refractivity contribution is -0.128. The minimum absolute atomic E-state index is 0.0707. The number of carbonyl (C=O) groups excluding carboxylic acids is 1. The minimum atomic E-state index is -3.87. The van der Waals surface area contributed by atoms with Gasteiger partial charge in [0.1, 0.15) is 5.82 Å². The van der Waals surface area contributed by atoms with Crippen molar-refractivity contribution in [2.45, 2.75) is 18.2 Å². The fraction of sp³-hybridized carbons (Fsp3) is 0.294. The number of sulfonamides is 1. The summed E-state index contributed by atoms with van der Waals surface area (Å²) in [5.41, 5.74) is 1.26. The van der Waals surface area contributed by atoms with Gasteiger partial charge < -0.3 is 4.90 Å². The smallest absolute Gasteiger partial charge is 0.241 e. The number of nitrogens with zero attached hydrogens (tertiary/aromatic N) is 2. The predicted octanol–water partition coefficient (Wildman–Crippen LogP) is 1.51. The molecule has 1 amide bonds. The van der Waals surface area contributed by atoms with Crippen LogP contribution in [0.2, 0.25) is 0 Å². The molecule has 0 atom stereocenters. The number of rotatable bonds is 7. The second-order valence-corrected chi connectivity index (χ2v) is 7.42. The number of halogens is 1. The van der Waals surface area contributed by atoms with Gasteiger partial charge in [0.2, 0.25) is 15.9 Å². The first-order valence-electron chi connectivity index (χ1n) is 7.68. The van der Waals surface area contributed by atoms with E-state index in [0.29, 0.717) is 13.0 Å². The molecular weight excluding hydrogens is 345 g/mol. The Morgan fingerprint density at radius 2 is 1.92 bits per heavy atom. The lowest BCUT2D eigenvalue weighted by atomic mass is 10.2. The van der Waals surface area contributed by atoms with Crippen molar-refractivity contribution in [3.05, 3.63) is 59.7 Å². The molecule has 8 heteroatoms. The van der Waals surface area contributed by atoms with Crippen LogP contribution in [-0.4, -0.2) is 44.3 Å². The highest BCUT2D eigenvalue weighted by Crippen LogP contribution is 2.13. The van der Waals surface area contributed by atoms with Gasteiger partial charge in [-0.3, -0.25) is 9.78 Å². The Labute approximate surface area is 146 Å². The summed E-state index contributed by atoms with van der Waals surface area (Å²) in [6.45, 7) is 1.58. The van der Waals surface area contributed by atoms with E-state index in [0.717, 1.165) is 11.6 Å². The Hall–Kier alpha value is -2.32. The molecule has 0 aliphatic heterocycles. The molecule has 2 aromatic rings. The van der Waals surface area contributed by atoms with Gasteiger partial charge in [-0.2, -0.15) is 0 Å². The van der Waals surface area contributed by atoms with Crippen molar-refractivity contribution < 1.29 is 17.6 Å². The number of pyridine rings is 1. The Kier molecular flexibility index (Phi) is 6.22. The number of benzene rings is 1. The number of carbonyl (C=O) groups is 1. The Morgan fingerprint density at radius 1 is 1.24 bits per heavy atom. The first-order valence-corrected chi connectivity index (χ1v) is 9.16. The topological polar surface area (TPSA) is 79.4 Å². The largest absolute Gasteiger partial charge is 0.344 e. The van der Waals surface area contributed by atoms with Crippen LogP contribution in [0.5, 0.6) is 0 Å². The summed E-state index contributed by atoms with van der Waals surface area (Å²) in [7, 11) is -2.26. The Bertz CT molecular complexity index is 841. The monoisotopic (exact) mass is 365 g/mol. The van der Waals surface area contributed by atoms with Crippen LogP contribution in [0.1, 0.15) is 11.1 Å². The molecule has 0 saturated carbocycles. The molecule has 0 radical (unpaired) electrons. The fourth-order valence-corrected chi connectivity index (χ4v) is 3.19. The zero-order valence-electron chi connectivity index (χ0n) is 14.1. The number of hydrogen-bond acceptors (Lipinski definition) is 4. The van der Waals surface area contributed by atoms with Gasteiger partial charge in [0.15, 0.2) is 0 Å². The quantitative estimate of drug-likeness (QED) is 0.807. The summed E-state index contributed by atoms with van der Waals surface area (Å²) in [4.78, 5) is 17.4.